The van der Waals surface area contributed by atoms with E-state index in [2.05, 4.69) is 45.9 Å². The molecular formula is C33H42N4O6S2. The molecule has 5 atom stereocenters. The van der Waals surface area contributed by atoms with Crippen molar-refractivity contribution in [2.24, 2.45) is 11.8 Å². The number of amides is 2. The Hall–Kier alpha value is -3.64. The van der Waals surface area contributed by atoms with Gasteiger partial charge in [0.15, 0.2) is 0 Å². The summed E-state index contributed by atoms with van der Waals surface area (Å²) in [5.74, 6) is -2.41. The lowest BCUT2D eigenvalue weighted by Gasteiger charge is -2.17. The molecule has 12 heteroatoms. The molecule has 6 N–H and O–H groups in total. The fourth-order valence-electron chi connectivity index (χ4n) is 6.43. The molecule has 0 radical (unpaired) electrons. The Kier molecular flexibility index (Phi) is 10.5. The van der Waals surface area contributed by atoms with E-state index in [1.807, 2.05) is 59.8 Å². The van der Waals surface area contributed by atoms with Crippen molar-refractivity contribution in [1.82, 2.24) is 20.6 Å². The molecule has 2 aromatic heterocycles. The van der Waals surface area contributed by atoms with Crippen LogP contribution in [0.5, 0.6) is 0 Å². The minimum atomic E-state index is -0.922. The first-order chi connectivity index (χ1) is 21.1. The smallest absolute Gasteiger partial charge is 0.303 e. The highest BCUT2D eigenvalue weighted by Crippen LogP contribution is 2.34. The molecule has 2 aromatic rings. The van der Waals surface area contributed by atoms with Crippen LogP contribution in [0.4, 0.5) is 0 Å². The third-order valence-electron chi connectivity index (χ3n) is 8.94. The lowest BCUT2D eigenvalue weighted by Crippen LogP contribution is -2.29. The van der Waals surface area contributed by atoms with Gasteiger partial charge in [0.05, 0.1) is 6.04 Å². The topological polar surface area (TPSA) is 164 Å². The quantitative estimate of drug-likeness (QED) is 0.174. The fraction of sp³-hybridized carbons (Fsp3) is 0.455. The second-order valence-electron chi connectivity index (χ2n) is 12.1. The van der Waals surface area contributed by atoms with Crippen LogP contribution in [0.25, 0.3) is 18.2 Å². The molecule has 1 saturated heterocycles. The molecule has 2 aliphatic heterocycles. The van der Waals surface area contributed by atoms with Crippen molar-refractivity contribution in [2.45, 2.75) is 83.8 Å². The Morgan fingerprint density at radius 2 is 1.51 bits per heavy atom. The Morgan fingerprint density at radius 3 is 2.07 bits per heavy atom. The molecule has 0 bridgehead atoms. The molecule has 0 unspecified atom stereocenters. The molecule has 0 spiro atoms. The standard InChI is InChI=1S/C33H42N4O6S2/c1-14-20(7-9-28(38)39)25(34-22(14)11-24-16(3)31(19(6)45)33(43)36-24)13-26-21(8-10-29(40)41)15(2)23(35-26)12-27-30(18(5)44)17(4)32(42)37-27/h11-13,17-19,24,30,34-35,44-45H,7-10H2,1-6H3,(H,36,43)(H,37,42)(H,38,39)(H,40,41)/b22-11+,25-13-,27-12-/t17-,18+,19+,24-,30+/m1/s1. The van der Waals surface area contributed by atoms with Crippen LogP contribution in [-0.2, 0) is 32.0 Å². The second-order valence-corrected chi connectivity index (χ2v) is 13.7. The summed E-state index contributed by atoms with van der Waals surface area (Å²) in [6, 6.07) is -0.345. The highest BCUT2D eigenvalue weighted by Gasteiger charge is 2.37. The molecule has 45 heavy (non-hydrogen) atoms. The average Bonchev–Trinajstić information content (AvgIpc) is 3.59. The fourth-order valence-corrected chi connectivity index (χ4v) is 7.17. The van der Waals surface area contributed by atoms with Gasteiger partial charge < -0.3 is 30.8 Å². The summed E-state index contributed by atoms with van der Waals surface area (Å²) >= 11 is 9.08. The molecule has 4 rings (SSSR count). The summed E-state index contributed by atoms with van der Waals surface area (Å²) in [5.41, 5.74) is 7.05. The Morgan fingerprint density at radius 1 is 0.889 bits per heavy atom. The number of hydrogen-bond donors (Lipinski definition) is 8. The number of allylic oxidation sites excluding steroid dienone is 1. The van der Waals surface area contributed by atoms with Gasteiger partial charge in [0, 0.05) is 68.5 Å². The maximum absolute atomic E-state index is 12.6. The number of carbonyl (C=O) groups is 4. The minimum Gasteiger partial charge on any atom is -0.481 e. The number of H-pyrrole nitrogens is 2. The third kappa shape index (κ3) is 7.27. The summed E-state index contributed by atoms with van der Waals surface area (Å²) in [6.45, 7) is 11.4. The summed E-state index contributed by atoms with van der Waals surface area (Å²) in [7, 11) is 0. The van der Waals surface area contributed by atoms with Crippen LogP contribution >= 0.6 is 25.3 Å². The van der Waals surface area contributed by atoms with Gasteiger partial charge in [-0.25, -0.2) is 0 Å². The number of hydrogen-bond acceptors (Lipinski definition) is 6. The third-order valence-corrected chi connectivity index (χ3v) is 9.52. The normalized spacial score (nSPS) is 23.2. The van der Waals surface area contributed by atoms with Gasteiger partial charge in [-0.15, -0.1) is 0 Å². The van der Waals surface area contributed by atoms with E-state index in [-0.39, 0.29) is 65.9 Å². The van der Waals surface area contributed by atoms with Crippen molar-refractivity contribution >= 4 is 67.2 Å². The van der Waals surface area contributed by atoms with Crippen LogP contribution in [0, 0.1) is 25.7 Å². The predicted octanol–water partition coefficient (Wildman–Crippen LogP) is 2.78. The summed E-state index contributed by atoms with van der Waals surface area (Å²) in [4.78, 5) is 55.1. The zero-order valence-electron chi connectivity index (χ0n) is 26.4. The van der Waals surface area contributed by atoms with Gasteiger partial charge in [0.2, 0.25) is 11.8 Å². The van der Waals surface area contributed by atoms with Gasteiger partial charge in [0.1, 0.15) is 0 Å². The maximum atomic E-state index is 12.6. The zero-order valence-corrected chi connectivity index (χ0v) is 28.2. The van der Waals surface area contributed by atoms with Crippen molar-refractivity contribution in [1.29, 1.82) is 0 Å². The van der Waals surface area contributed by atoms with E-state index in [1.165, 1.54) is 0 Å². The van der Waals surface area contributed by atoms with Crippen LogP contribution in [0.15, 0.2) is 16.8 Å². The van der Waals surface area contributed by atoms with E-state index in [0.29, 0.717) is 16.6 Å². The van der Waals surface area contributed by atoms with E-state index >= 15 is 0 Å². The largest absolute Gasteiger partial charge is 0.481 e. The number of rotatable bonds is 11. The number of thiol groups is 2. The van der Waals surface area contributed by atoms with E-state index in [0.717, 1.165) is 44.6 Å². The molecule has 2 amide bonds. The van der Waals surface area contributed by atoms with Gasteiger partial charge >= 0.3 is 11.9 Å². The van der Waals surface area contributed by atoms with Crippen molar-refractivity contribution < 1.29 is 29.4 Å². The number of nitrogens with one attached hydrogen (secondary N) is 4. The van der Waals surface area contributed by atoms with Gasteiger partial charge in [-0.1, -0.05) is 13.8 Å². The maximum Gasteiger partial charge on any atom is 0.303 e. The van der Waals surface area contributed by atoms with Crippen molar-refractivity contribution in [2.75, 3.05) is 0 Å². The number of carboxylic acids is 2. The van der Waals surface area contributed by atoms with Gasteiger partial charge in [-0.2, -0.15) is 25.3 Å². The molecule has 4 heterocycles. The zero-order chi connectivity index (χ0) is 33.3. The summed E-state index contributed by atoms with van der Waals surface area (Å²) in [6.07, 6.45) is 6.11. The molecule has 0 saturated carbocycles. The predicted molar refractivity (Wildman–Crippen MR) is 181 cm³/mol. The highest BCUT2D eigenvalue weighted by molar-refractivity contribution is 7.81. The van der Waals surface area contributed by atoms with E-state index in [1.54, 1.807) is 0 Å². The van der Waals surface area contributed by atoms with Crippen LogP contribution in [0.2, 0.25) is 0 Å². The number of carbonyl (C=O) groups excluding carboxylic acids is 2. The molecule has 242 valence electrons. The highest BCUT2D eigenvalue weighted by atomic mass is 32.1. The van der Waals surface area contributed by atoms with Gasteiger partial charge in [0.25, 0.3) is 0 Å². The summed E-state index contributed by atoms with van der Waals surface area (Å²) < 4.78 is 0. The molecule has 0 aromatic carbocycles. The van der Waals surface area contributed by atoms with Crippen molar-refractivity contribution in [3.63, 3.8) is 0 Å². The first-order valence-electron chi connectivity index (χ1n) is 15.1. The number of aliphatic carboxylic acids is 2. The lowest BCUT2D eigenvalue weighted by atomic mass is 9.91. The monoisotopic (exact) mass is 654 g/mol. The van der Waals surface area contributed by atoms with Gasteiger partial charge in [-0.05, 0) is 86.6 Å². The molecule has 1 fully saturated rings. The van der Waals surface area contributed by atoms with Crippen LogP contribution in [0.1, 0.15) is 74.2 Å². The van der Waals surface area contributed by atoms with Gasteiger partial charge in [-0.3, -0.25) is 19.2 Å². The Bertz CT molecular complexity index is 1730. The number of aromatic amines is 2. The lowest BCUT2D eigenvalue weighted by molar-refractivity contribution is -0.138. The SMILES string of the molecule is CC1=C([C@H](C)S)C(=O)N[C@@H]1/C=c1/[nH]/c(=C\c2[nH]c(/C=C3\NC(=O)[C@H](C)[C@H]3[C@H](C)S)c(C)c2CCC(=O)O)c(CCC(=O)O)c1C. The molecule has 2 aliphatic rings. The number of carboxylic acid groups (broad SMARTS) is 2. The summed E-state index contributed by atoms with van der Waals surface area (Å²) in [5, 5.41) is 26.1. The molecule has 10 nitrogen and oxygen atoms in total. The van der Waals surface area contributed by atoms with Crippen LogP contribution < -0.4 is 21.3 Å². The first-order valence-corrected chi connectivity index (χ1v) is 16.1. The number of aromatic nitrogens is 2. The van der Waals surface area contributed by atoms with Crippen LogP contribution in [0.3, 0.4) is 0 Å². The Balaban J connectivity index is 1.89. The minimum absolute atomic E-state index is 0.0672. The first kappa shape index (κ1) is 34.2. The van der Waals surface area contributed by atoms with Crippen molar-refractivity contribution in [3.8, 4) is 0 Å². The van der Waals surface area contributed by atoms with Crippen LogP contribution in [-0.4, -0.2) is 60.5 Å². The Labute approximate surface area is 273 Å². The van der Waals surface area contributed by atoms with Crippen molar-refractivity contribution in [3.05, 3.63) is 61.2 Å². The average molecular weight is 655 g/mol. The molecule has 0 aliphatic carbocycles. The van der Waals surface area contributed by atoms with E-state index in [4.69, 9.17) is 0 Å². The second kappa shape index (κ2) is 13.8. The van der Waals surface area contributed by atoms with E-state index < -0.39 is 11.9 Å². The van der Waals surface area contributed by atoms with E-state index in [9.17, 15) is 29.4 Å². The molecular weight excluding hydrogens is 613 g/mol.